The molecule has 0 unspecified atom stereocenters. The summed E-state index contributed by atoms with van der Waals surface area (Å²) in [5.74, 6) is 0.882. The summed E-state index contributed by atoms with van der Waals surface area (Å²) in [5.41, 5.74) is 2.47. The number of fused-ring (bicyclic) bond motifs is 1. The minimum Gasteiger partial charge on any atom is -0.493 e. The predicted octanol–water partition coefficient (Wildman–Crippen LogP) is 3.20. The molecule has 1 aliphatic heterocycles. The first-order valence-electron chi connectivity index (χ1n) is 8.22. The highest BCUT2D eigenvalue weighted by Gasteiger charge is 2.15. The Balaban J connectivity index is 1.56. The lowest BCUT2D eigenvalue weighted by Gasteiger charge is -2.12. The Morgan fingerprint density at radius 2 is 2.08 bits per heavy atom. The van der Waals surface area contributed by atoms with Crippen molar-refractivity contribution >= 4 is 5.91 Å². The molecule has 26 heavy (non-hydrogen) atoms. The van der Waals surface area contributed by atoms with Crippen LogP contribution in [0, 0.1) is 0 Å². The fourth-order valence-electron chi connectivity index (χ4n) is 2.81. The van der Waals surface area contributed by atoms with E-state index in [0.717, 1.165) is 23.3 Å². The number of nitrogens with one attached hydrogen (secondary N) is 1. The van der Waals surface area contributed by atoms with Gasteiger partial charge in [-0.15, -0.1) is 0 Å². The van der Waals surface area contributed by atoms with Crippen molar-refractivity contribution in [3.63, 3.8) is 0 Å². The monoisotopic (exact) mass is 363 g/mol. The van der Waals surface area contributed by atoms with E-state index in [1.807, 2.05) is 12.1 Å². The molecule has 0 radical (unpaired) electrons. The maximum atomic E-state index is 12.3. The van der Waals surface area contributed by atoms with Crippen LogP contribution in [0.15, 0.2) is 36.4 Å². The Hall–Kier alpha value is -2.83. The van der Waals surface area contributed by atoms with E-state index in [1.165, 1.54) is 13.2 Å². The van der Waals surface area contributed by atoms with E-state index in [9.17, 15) is 13.6 Å². The molecule has 0 aromatic heterocycles. The smallest absolute Gasteiger partial charge is 0.387 e. The molecule has 138 valence electrons. The molecule has 7 heteroatoms. The van der Waals surface area contributed by atoms with Crippen molar-refractivity contribution in [2.75, 3.05) is 20.3 Å². The third-order valence-corrected chi connectivity index (χ3v) is 4.09. The van der Waals surface area contributed by atoms with Crippen LogP contribution < -0.4 is 19.5 Å². The van der Waals surface area contributed by atoms with Crippen LogP contribution >= 0.6 is 0 Å². The lowest BCUT2D eigenvalue weighted by Crippen LogP contribution is -2.25. The molecule has 0 aliphatic carbocycles. The van der Waals surface area contributed by atoms with Gasteiger partial charge in [0.2, 0.25) is 0 Å². The number of rotatable bonds is 7. The number of halogens is 2. The van der Waals surface area contributed by atoms with Crippen LogP contribution in [0.4, 0.5) is 8.78 Å². The van der Waals surface area contributed by atoms with Crippen molar-refractivity contribution in [1.82, 2.24) is 5.32 Å². The van der Waals surface area contributed by atoms with Crippen molar-refractivity contribution in [3.05, 3.63) is 53.1 Å². The normalized spacial score (nSPS) is 12.5. The predicted molar refractivity (Wildman–Crippen MR) is 91.3 cm³/mol. The van der Waals surface area contributed by atoms with Gasteiger partial charge in [0.05, 0.1) is 13.7 Å². The zero-order valence-corrected chi connectivity index (χ0v) is 14.3. The molecule has 0 bridgehead atoms. The highest BCUT2D eigenvalue weighted by molar-refractivity contribution is 5.94. The molecule has 5 nitrogen and oxygen atoms in total. The van der Waals surface area contributed by atoms with Gasteiger partial charge in [-0.3, -0.25) is 4.79 Å². The van der Waals surface area contributed by atoms with Crippen LogP contribution in [0.2, 0.25) is 0 Å². The Bertz CT molecular complexity index is 795. The fraction of sp³-hybridized carbons (Fsp3) is 0.316. The topological polar surface area (TPSA) is 56.8 Å². The van der Waals surface area contributed by atoms with Crippen molar-refractivity contribution < 1.29 is 27.8 Å². The number of carbonyl (C=O) groups is 1. The summed E-state index contributed by atoms with van der Waals surface area (Å²) in [5, 5.41) is 2.85. The number of ether oxygens (including phenoxy) is 3. The number of alkyl halides is 2. The van der Waals surface area contributed by atoms with Gasteiger partial charge in [-0.2, -0.15) is 8.78 Å². The molecule has 0 saturated heterocycles. The molecule has 1 N–H and O–H groups in total. The molecular weight excluding hydrogens is 344 g/mol. The summed E-state index contributed by atoms with van der Waals surface area (Å²) in [4.78, 5) is 12.3. The van der Waals surface area contributed by atoms with Crippen molar-refractivity contribution in [2.45, 2.75) is 19.5 Å². The van der Waals surface area contributed by atoms with Gasteiger partial charge in [-0.1, -0.05) is 6.07 Å². The SMILES string of the molecule is COc1cc(CCNC(=O)c2ccc3c(c2)CCO3)ccc1OC(F)F. The summed E-state index contributed by atoms with van der Waals surface area (Å²) < 4.78 is 39.6. The van der Waals surface area contributed by atoms with E-state index >= 15 is 0 Å². The van der Waals surface area contributed by atoms with Gasteiger partial charge in [0.1, 0.15) is 5.75 Å². The third kappa shape index (κ3) is 4.22. The summed E-state index contributed by atoms with van der Waals surface area (Å²) in [7, 11) is 1.39. The van der Waals surface area contributed by atoms with Crippen LogP contribution in [0.25, 0.3) is 0 Å². The Morgan fingerprint density at radius 3 is 2.85 bits per heavy atom. The first kappa shape index (κ1) is 18.0. The molecule has 2 aromatic rings. The van der Waals surface area contributed by atoms with E-state index in [0.29, 0.717) is 25.1 Å². The van der Waals surface area contributed by atoms with Crippen LogP contribution in [-0.4, -0.2) is 32.8 Å². The van der Waals surface area contributed by atoms with E-state index in [2.05, 4.69) is 10.1 Å². The molecule has 0 spiro atoms. The molecular formula is C19H19F2NO4. The maximum Gasteiger partial charge on any atom is 0.387 e. The summed E-state index contributed by atoms with van der Waals surface area (Å²) in [6.07, 6.45) is 1.34. The molecule has 1 amide bonds. The second-order valence-corrected chi connectivity index (χ2v) is 5.79. The minimum absolute atomic E-state index is 0.0179. The van der Waals surface area contributed by atoms with Crippen molar-refractivity contribution in [1.29, 1.82) is 0 Å². The molecule has 3 rings (SSSR count). The second-order valence-electron chi connectivity index (χ2n) is 5.79. The molecule has 1 heterocycles. The zero-order valence-electron chi connectivity index (χ0n) is 14.3. The second kappa shape index (κ2) is 8.03. The van der Waals surface area contributed by atoms with Gasteiger partial charge < -0.3 is 19.5 Å². The molecule has 2 aromatic carbocycles. The summed E-state index contributed by atoms with van der Waals surface area (Å²) in [6.45, 7) is -1.86. The highest BCUT2D eigenvalue weighted by Crippen LogP contribution is 2.29. The molecule has 0 fully saturated rings. The lowest BCUT2D eigenvalue weighted by atomic mass is 10.1. The average Bonchev–Trinajstić information content (AvgIpc) is 3.10. The van der Waals surface area contributed by atoms with Crippen LogP contribution in [-0.2, 0) is 12.8 Å². The number of hydrogen-bond donors (Lipinski definition) is 1. The quantitative estimate of drug-likeness (QED) is 0.821. The van der Waals surface area contributed by atoms with Gasteiger partial charge >= 0.3 is 6.61 Å². The third-order valence-electron chi connectivity index (χ3n) is 4.09. The molecule has 1 aliphatic rings. The van der Waals surface area contributed by atoms with Crippen molar-refractivity contribution in [2.24, 2.45) is 0 Å². The number of carbonyl (C=O) groups excluding carboxylic acids is 1. The average molecular weight is 363 g/mol. The Kier molecular flexibility index (Phi) is 5.55. The Morgan fingerprint density at radius 1 is 1.23 bits per heavy atom. The fourth-order valence-corrected chi connectivity index (χ4v) is 2.81. The number of hydrogen-bond acceptors (Lipinski definition) is 4. The standard InChI is InChI=1S/C19H19F2NO4/c1-24-17-10-12(2-4-16(17)26-19(20)21)6-8-22-18(23)14-3-5-15-13(11-14)7-9-25-15/h2-5,10-11,19H,6-9H2,1H3,(H,22,23). The van der Waals surface area contributed by atoms with Gasteiger partial charge in [0.15, 0.2) is 11.5 Å². The number of methoxy groups -OCH3 is 1. The van der Waals surface area contributed by atoms with Gasteiger partial charge in [0, 0.05) is 18.5 Å². The number of amides is 1. The van der Waals surface area contributed by atoms with Gasteiger partial charge in [-0.05, 0) is 47.9 Å². The van der Waals surface area contributed by atoms with Crippen LogP contribution in [0.3, 0.4) is 0 Å². The Labute approximate surface area is 149 Å². The summed E-state index contributed by atoms with van der Waals surface area (Å²) >= 11 is 0. The van der Waals surface area contributed by atoms with E-state index in [-0.39, 0.29) is 17.4 Å². The van der Waals surface area contributed by atoms with Crippen molar-refractivity contribution in [3.8, 4) is 17.2 Å². The largest absolute Gasteiger partial charge is 0.493 e. The van der Waals surface area contributed by atoms with Gasteiger partial charge in [-0.25, -0.2) is 0 Å². The highest BCUT2D eigenvalue weighted by atomic mass is 19.3. The summed E-state index contributed by atoms with van der Waals surface area (Å²) in [6, 6.07) is 10.1. The van der Waals surface area contributed by atoms with Crippen LogP contribution in [0.5, 0.6) is 17.2 Å². The molecule has 0 saturated carbocycles. The molecule has 0 atom stereocenters. The number of benzene rings is 2. The van der Waals surface area contributed by atoms with E-state index < -0.39 is 6.61 Å². The maximum absolute atomic E-state index is 12.3. The lowest BCUT2D eigenvalue weighted by molar-refractivity contribution is -0.0512. The first-order chi connectivity index (χ1) is 12.6. The van der Waals surface area contributed by atoms with E-state index in [1.54, 1.807) is 18.2 Å². The van der Waals surface area contributed by atoms with Gasteiger partial charge in [0.25, 0.3) is 5.91 Å². The first-order valence-corrected chi connectivity index (χ1v) is 8.22. The van der Waals surface area contributed by atoms with Crippen LogP contribution in [0.1, 0.15) is 21.5 Å². The van der Waals surface area contributed by atoms with E-state index in [4.69, 9.17) is 9.47 Å². The minimum atomic E-state index is -2.91. The zero-order chi connectivity index (χ0) is 18.5.